The number of likely N-dealkylation sites (tertiary alicyclic amines) is 1. The molecule has 3 rings (SSSR count). The largest absolute Gasteiger partial charge is 0.376 e. The molecule has 1 aliphatic heterocycles. The van der Waals surface area contributed by atoms with Crippen LogP contribution in [0.4, 0.5) is 11.4 Å². The second-order valence-corrected chi connectivity index (χ2v) is 7.63. The van der Waals surface area contributed by atoms with Crippen LogP contribution in [-0.2, 0) is 4.79 Å². The van der Waals surface area contributed by atoms with E-state index in [0.717, 1.165) is 25.9 Å². The zero-order valence-corrected chi connectivity index (χ0v) is 17.0. The van der Waals surface area contributed by atoms with Crippen molar-refractivity contribution in [1.29, 1.82) is 0 Å². The van der Waals surface area contributed by atoms with E-state index in [9.17, 15) is 9.59 Å². The molecule has 148 valence electrons. The number of nitrogens with one attached hydrogen (secondary N) is 2. The number of hydrogen-bond donors (Lipinski definition) is 2. The molecule has 5 nitrogen and oxygen atoms in total. The molecule has 0 spiro atoms. The maximum Gasteiger partial charge on any atom is 0.253 e. The van der Waals surface area contributed by atoms with Gasteiger partial charge in [-0.05, 0) is 55.3 Å². The van der Waals surface area contributed by atoms with Gasteiger partial charge in [-0.1, -0.05) is 36.0 Å². The van der Waals surface area contributed by atoms with Crippen molar-refractivity contribution in [3.05, 3.63) is 58.1 Å². The van der Waals surface area contributed by atoms with Crippen molar-refractivity contribution in [3.8, 4) is 0 Å². The highest BCUT2D eigenvalue weighted by molar-refractivity contribution is 6.42. The Labute approximate surface area is 175 Å². The monoisotopic (exact) mass is 419 g/mol. The summed E-state index contributed by atoms with van der Waals surface area (Å²) in [6.07, 6.45) is 4.49. The van der Waals surface area contributed by atoms with Gasteiger partial charge in [0.25, 0.3) is 5.91 Å². The van der Waals surface area contributed by atoms with Crippen molar-refractivity contribution in [1.82, 2.24) is 4.90 Å². The van der Waals surface area contributed by atoms with Crippen molar-refractivity contribution >= 4 is 46.4 Å². The van der Waals surface area contributed by atoms with E-state index in [4.69, 9.17) is 23.2 Å². The summed E-state index contributed by atoms with van der Waals surface area (Å²) in [6, 6.07) is 12.1. The highest BCUT2D eigenvalue weighted by atomic mass is 35.5. The summed E-state index contributed by atoms with van der Waals surface area (Å²) in [7, 11) is 0. The van der Waals surface area contributed by atoms with E-state index in [-0.39, 0.29) is 18.4 Å². The number of rotatable bonds is 5. The second kappa shape index (κ2) is 9.80. The summed E-state index contributed by atoms with van der Waals surface area (Å²) < 4.78 is 0. The normalized spacial score (nSPS) is 14.3. The topological polar surface area (TPSA) is 61.4 Å². The Morgan fingerprint density at radius 1 is 0.857 bits per heavy atom. The molecule has 0 aliphatic carbocycles. The van der Waals surface area contributed by atoms with Gasteiger partial charge < -0.3 is 15.5 Å². The van der Waals surface area contributed by atoms with Crippen LogP contribution in [0.2, 0.25) is 10.0 Å². The first-order valence-electron chi connectivity index (χ1n) is 9.41. The average Bonchev–Trinajstić information content (AvgIpc) is 2.98. The molecule has 2 N–H and O–H groups in total. The smallest absolute Gasteiger partial charge is 0.253 e. The summed E-state index contributed by atoms with van der Waals surface area (Å²) in [5.74, 6) is -0.140. The molecule has 2 amide bonds. The molecule has 0 atom stereocenters. The number of amides is 2. The van der Waals surface area contributed by atoms with Crippen LogP contribution in [0, 0.1) is 0 Å². The molecular weight excluding hydrogens is 397 g/mol. The predicted molar refractivity (Wildman–Crippen MR) is 114 cm³/mol. The molecule has 0 unspecified atom stereocenters. The van der Waals surface area contributed by atoms with Gasteiger partial charge in [0.1, 0.15) is 0 Å². The lowest BCUT2D eigenvalue weighted by Gasteiger charge is -2.20. The van der Waals surface area contributed by atoms with E-state index >= 15 is 0 Å². The molecule has 1 aliphatic rings. The summed E-state index contributed by atoms with van der Waals surface area (Å²) in [5.41, 5.74) is 2.00. The Morgan fingerprint density at radius 3 is 2.14 bits per heavy atom. The highest BCUT2D eigenvalue weighted by Gasteiger charge is 2.17. The molecule has 0 radical (unpaired) electrons. The maximum atomic E-state index is 12.6. The molecule has 28 heavy (non-hydrogen) atoms. The van der Waals surface area contributed by atoms with Crippen LogP contribution in [-0.4, -0.2) is 36.3 Å². The fraction of sp³-hybridized carbons (Fsp3) is 0.333. The van der Waals surface area contributed by atoms with E-state index in [2.05, 4.69) is 10.6 Å². The first kappa shape index (κ1) is 20.5. The zero-order valence-electron chi connectivity index (χ0n) is 15.5. The minimum atomic E-state index is -0.197. The van der Waals surface area contributed by atoms with Crippen LogP contribution in [0.25, 0.3) is 0 Å². The van der Waals surface area contributed by atoms with Gasteiger partial charge in [-0.3, -0.25) is 9.59 Å². The maximum absolute atomic E-state index is 12.6. The van der Waals surface area contributed by atoms with E-state index in [1.807, 2.05) is 4.90 Å². The van der Waals surface area contributed by atoms with Gasteiger partial charge in [0.2, 0.25) is 5.91 Å². The Hall–Kier alpha value is -2.24. The molecule has 1 saturated heterocycles. The van der Waals surface area contributed by atoms with Gasteiger partial charge in [0.05, 0.1) is 16.6 Å². The Bertz CT molecular complexity index is 832. The van der Waals surface area contributed by atoms with Crippen LogP contribution in [0.15, 0.2) is 42.5 Å². The lowest BCUT2D eigenvalue weighted by molar-refractivity contribution is -0.114. The highest BCUT2D eigenvalue weighted by Crippen LogP contribution is 2.24. The summed E-state index contributed by atoms with van der Waals surface area (Å²) in [5, 5.41) is 6.70. The molecule has 0 bridgehead atoms. The van der Waals surface area contributed by atoms with Gasteiger partial charge in [0, 0.05) is 30.0 Å². The molecule has 2 aromatic rings. The van der Waals surface area contributed by atoms with Crippen LogP contribution in [0.3, 0.4) is 0 Å². The second-order valence-electron chi connectivity index (χ2n) is 6.81. The van der Waals surface area contributed by atoms with Crippen LogP contribution < -0.4 is 10.6 Å². The number of hydrogen-bond acceptors (Lipinski definition) is 3. The molecule has 1 fully saturated rings. The Morgan fingerprint density at radius 2 is 1.50 bits per heavy atom. The number of benzene rings is 2. The molecule has 1 heterocycles. The predicted octanol–water partition coefficient (Wildman–Crippen LogP) is 5.06. The Kier molecular flexibility index (Phi) is 7.18. The fourth-order valence-electron chi connectivity index (χ4n) is 3.15. The van der Waals surface area contributed by atoms with Crippen molar-refractivity contribution in [2.45, 2.75) is 25.7 Å². The molecular formula is C21H23Cl2N3O2. The first-order valence-corrected chi connectivity index (χ1v) is 10.2. The van der Waals surface area contributed by atoms with E-state index in [0.29, 0.717) is 27.0 Å². The Balaban J connectivity index is 1.52. The number of carbonyl (C=O) groups is 2. The number of nitrogens with zero attached hydrogens (tertiary/aromatic N) is 1. The number of halogens is 2. The van der Waals surface area contributed by atoms with Gasteiger partial charge in [-0.15, -0.1) is 0 Å². The fourth-order valence-corrected chi connectivity index (χ4v) is 3.44. The quantitative estimate of drug-likeness (QED) is 0.711. The lowest BCUT2D eigenvalue weighted by Crippen LogP contribution is -2.31. The summed E-state index contributed by atoms with van der Waals surface area (Å²) in [6.45, 7) is 1.72. The summed E-state index contributed by atoms with van der Waals surface area (Å²) >= 11 is 11.8. The van der Waals surface area contributed by atoms with Crippen molar-refractivity contribution < 1.29 is 9.59 Å². The van der Waals surface area contributed by atoms with Gasteiger partial charge >= 0.3 is 0 Å². The molecule has 0 aromatic heterocycles. The minimum Gasteiger partial charge on any atom is -0.376 e. The van der Waals surface area contributed by atoms with E-state index in [1.165, 1.54) is 12.8 Å². The third kappa shape index (κ3) is 5.63. The van der Waals surface area contributed by atoms with Crippen molar-refractivity contribution in [2.75, 3.05) is 30.3 Å². The average molecular weight is 420 g/mol. The van der Waals surface area contributed by atoms with Gasteiger partial charge in [-0.25, -0.2) is 0 Å². The molecule has 2 aromatic carbocycles. The van der Waals surface area contributed by atoms with Gasteiger partial charge in [0.15, 0.2) is 0 Å². The third-order valence-electron chi connectivity index (χ3n) is 4.68. The number of carbonyl (C=O) groups excluding carboxylic acids is 2. The summed E-state index contributed by atoms with van der Waals surface area (Å²) in [4.78, 5) is 26.7. The van der Waals surface area contributed by atoms with Gasteiger partial charge in [-0.2, -0.15) is 0 Å². The van der Waals surface area contributed by atoms with E-state index in [1.54, 1.807) is 42.5 Å². The van der Waals surface area contributed by atoms with Crippen molar-refractivity contribution in [3.63, 3.8) is 0 Å². The molecule has 0 saturated carbocycles. The van der Waals surface area contributed by atoms with Crippen LogP contribution in [0.5, 0.6) is 0 Å². The van der Waals surface area contributed by atoms with Crippen LogP contribution >= 0.6 is 23.2 Å². The lowest BCUT2D eigenvalue weighted by atomic mass is 10.1. The SMILES string of the molecule is O=C(CNc1ccc(Cl)c(Cl)c1)Nc1ccc(C(=O)N2CCCCCC2)cc1. The van der Waals surface area contributed by atoms with E-state index < -0.39 is 0 Å². The van der Waals surface area contributed by atoms with Crippen molar-refractivity contribution in [2.24, 2.45) is 0 Å². The standard InChI is InChI=1S/C21H23Cl2N3O2/c22-18-10-9-17(13-19(18)23)24-14-20(27)25-16-7-5-15(6-8-16)21(28)26-11-3-1-2-4-12-26/h5-10,13,24H,1-4,11-12,14H2,(H,25,27). The first-order chi connectivity index (χ1) is 13.5. The molecule has 7 heteroatoms. The zero-order chi connectivity index (χ0) is 19.9. The van der Waals surface area contributed by atoms with Crippen LogP contribution in [0.1, 0.15) is 36.0 Å². The number of anilines is 2. The minimum absolute atomic E-state index is 0.0565. The third-order valence-corrected chi connectivity index (χ3v) is 5.42.